The molecule has 4 aliphatic carbocycles. The van der Waals surface area contributed by atoms with E-state index in [0.717, 1.165) is 19.3 Å². The van der Waals surface area contributed by atoms with Crippen LogP contribution in [0.5, 0.6) is 0 Å². The molecule has 0 amide bonds. The highest BCUT2D eigenvalue weighted by molar-refractivity contribution is 6.34. The van der Waals surface area contributed by atoms with Crippen LogP contribution < -0.4 is 0 Å². The topological polar surface area (TPSA) is 0 Å². The molecular weight excluding hydrogens is 480 g/mol. The van der Waals surface area contributed by atoms with Gasteiger partial charge in [0.25, 0.3) is 0 Å². The molecule has 11 rings (SSSR count). The van der Waals surface area contributed by atoms with Crippen LogP contribution in [0.3, 0.4) is 0 Å². The van der Waals surface area contributed by atoms with Crippen molar-refractivity contribution in [2.24, 2.45) is 0 Å². The minimum Gasteiger partial charge on any atom is -0.0622 e. The largest absolute Gasteiger partial charge is 0.0622 e. The normalized spacial score (nSPS) is 16.4. The van der Waals surface area contributed by atoms with Crippen LogP contribution in [-0.2, 0) is 19.3 Å². The van der Waals surface area contributed by atoms with E-state index in [-0.39, 0.29) is 0 Å². The van der Waals surface area contributed by atoms with Crippen molar-refractivity contribution < 1.29 is 0 Å². The van der Waals surface area contributed by atoms with Gasteiger partial charge in [-0.2, -0.15) is 0 Å². The van der Waals surface area contributed by atoms with E-state index in [1.165, 1.54) is 66.8 Å². The molecule has 40 heavy (non-hydrogen) atoms. The molecule has 0 nitrogen and oxygen atoms in total. The third-order valence-electron chi connectivity index (χ3n) is 10.5. The maximum Gasteiger partial charge on any atom is 0.0352 e. The van der Waals surface area contributed by atoms with E-state index in [1.54, 1.807) is 37.9 Å². The second-order valence-electron chi connectivity index (χ2n) is 12.3. The van der Waals surface area contributed by atoms with Gasteiger partial charge in [0.05, 0.1) is 0 Å². The second-order valence-corrected chi connectivity index (χ2v) is 12.3. The zero-order chi connectivity index (χ0) is 25.7. The quantitative estimate of drug-likeness (QED) is 0.206. The van der Waals surface area contributed by atoms with Crippen LogP contribution in [0, 0.1) is 0 Å². The standard InChI is InChI=1S/C40H24/c1-2-6-21(7-3-1)34-29-9-5-4-8-28(29)32-18-22(14-15-30(32)34)31-20-27-17-25-11-10-23-16-24-12-13-26-19-33(31)40-38(26)36(24)35(23)37(25)39(27)40/h1-15,18,20,34H,16-17,19H2. The molecule has 0 bridgehead atoms. The molecule has 7 aromatic carbocycles. The third kappa shape index (κ3) is 2.22. The Labute approximate surface area is 232 Å². The highest BCUT2D eigenvalue weighted by Crippen LogP contribution is 2.55. The lowest BCUT2D eigenvalue weighted by Gasteiger charge is -2.16. The number of rotatable bonds is 2. The van der Waals surface area contributed by atoms with Crippen LogP contribution in [-0.4, -0.2) is 0 Å². The monoisotopic (exact) mass is 504 g/mol. The van der Waals surface area contributed by atoms with E-state index in [9.17, 15) is 0 Å². The van der Waals surface area contributed by atoms with Gasteiger partial charge >= 0.3 is 0 Å². The minimum absolute atomic E-state index is 0.298. The summed E-state index contributed by atoms with van der Waals surface area (Å²) < 4.78 is 0. The Hall–Kier alpha value is -4.68. The molecule has 1 unspecified atom stereocenters. The maximum absolute atomic E-state index is 2.56. The lowest BCUT2D eigenvalue weighted by molar-refractivity contribution is 1.02. The lowest BCUT2D eigenvalue weighted by Crippen LogP contribution is -1.98. The van der Waals surface area contributed by atoms with Gasteiger partial charge in [0.2, 0.25) is 0 Å². The molecular formula is C40H24. The molecule has 4 aliphatic rings. The summed E-state index contributed by atoms with van der Waals surface area (Å²) in [6, 6.07) is 39.6. The number of hydrogen-bond acceptors (Lipinski definition) is 0. The molecule has 0 aromatic heterocycles. The zero-order valence-corrected chi connectivity index (χ0v) is 22.0. The summed E-state index contributed by atoms with van der Waals surface area (Å²) in [7, 11) is 0. The first-order chi connectivity index (χ1) is 19.8. The van der Waals surface area contributed by atoms with Crippen LogP contribution in [0.15, 0.2) is 103 Å². The summed E-state index contributed by atoms with van der Waals surface area (Å²) >= 11 is 0. The fourth-order valence-electron chi connectivity index (χ4n) is 9.01. The average Bonchev–Trinajstić information content (AvgIpc) is 3.74. The number of fused-ring (bicyclic) bond motifs is 3. The molecule has 0 heteroatoms. The molecule has 0 heterocycles. The first-order valence-electron chi connectivity index (χ1n) is 14.6. The molecule has 0 aliphatic heterocycles. The van der Waals surface area contributed by atoms with Crippen molar-refractivity contribution in [3.8, 4) is 22.3 Å². The molecule has 0 saturated carbocycles. The molecule has 1 atom stereocenters. The minimum atomic E-state index is 0.298. The molecule has 184 valence electrons. The van der Waals surface area contributed by atoms with Crippen molar-refractivity contribution in [1.29, 1.82) is 0 Å². The first kappa shape index (κ1) is 20.3. The molecule has 0 fully saturated rings. The summed E-state index contributed by atoms with van der Waals surface area (Å²) in [6.07, 6.45) is 3.18. The maximum atomic E-state index is 2.56. The smallest absolute Gasteiger partial charge is 0.0352 e. The van der Waals surface area contributed by atoms with Crippen LogP contribution in [0.1, 0.15) is 56.0 Å². The fourth-order valence-corrected chi connectivity index (χ4v) is 9.01. The van der Waals surface area contributed by atoms with E-state index in [4.69, 9.17) is 0 Å². The third-order valence-corrected chi connectivity index (χ3v) is 10.5. The van der Waals surface area contributed by atoms with Crippen LogP contribution in [0.4, 0.5) is 0 Å². The van der Waals surface area contributed by atoms with Gasteiger partial charge in [-0.1, -0.05) is 91.0 Å². The van der Waals surface area contributed by atoms with Gasteiger partial charge < -0.3 is 0 Å². The summed E-state index contributed by atoms with van der Waals surface area (Å²) in [5.41, 5.74) is 19.0. The van der Waals surface area contributed by atoms with E-state index in [1.807, 2.05) is 0 Å². The van der Waals surface area contributed by atoms with Gasteiger partial charge in [0.15, 0.2) is 0 Å². The van der Waals surface area contributed by atoms with Crippen LogP contribution in [0.25, 0.3) is 54.6 Å². The molecule has 0 N–H and O–H groups in total. The van der Waals surface area contributed by atoms with E-state index < -0.39 is 0 Å². The van der Waals surface area contributed by atoms with Crippen LogP contribution in [0.2, 0.25) is 0 Å². The predicted molar refractivity (Wildman–Crippen MR) is 166 cm³/mol. The Morgan fingerprint density at radius 3 is 1.77 bits per heavy atom. The summed E-state index contributed by atoms with van der Waals surface area (Å²) in [6.45, 7) is 0. The van der Waals surface area contributed by atoms with Gasteiger partial charge in [-0.25, -0.2) is 0 Å². The van der Waals surface area contributed by atoms with E-state index in [0.29, 0.717) is 5.92 Å². The van der Waals surface area contributed by atoms with Crippen molar-refractivity contribution >= 4 is 32.3 Å². The molecule has 0 saturated heterocycles. The van der Waals surface area contributed by atoms with Gasteiger partial charge in [-0.05, 0) is 136 Å². The Morgan fingerprint density at radius 2 is 1.00 bits per heavy atom. The summed E-state index contributed by atoms with van der Waals surface area (Å²) in [5, 5.41) is 9.38. The summed E-state index contributed by atoms with van der Waals surface area (Å²) in [5.74, 6) is 0.298. The van der Waals surface area contributed by atoms with Crippen molar-refractivity contribution in [2.75, 3.05) is 0 Å². The predicted octanol–water partition coefficient (Wildman–Crippen LogP) is 9.69. The Kier molecular flexibility index (Phi) is 3.40. The highest BCUT2D eigenvalue weighted by atomic mass is 14.4. The molecule has 0 spiro atoms. The zero-order valence-electron chi connectivity index (χ0n) is 22.0. The van der Waals surface area contributed by atoms with E-state index in [2.05, 4.69) is 103 Å². The van der Waals surface area contributed by atoms with Crippen molar-refractivity contribution in [1.82, 2.24) is 0 Å². The van der Waals surface area contributed by atoms with Crippen molar-refractivity contribution in [2.45, 2.75) is 25.2 Å². The number of benzene rings is 7. The molecule has 0 radical (unpaired) electrons. The van der Waals surface area contributed by atoms with Crippen molar-refractivity contribution in [3.05, 3.63) is 153 Å². The Bertz CT molecular complexity index is 2300. The van der Waals surface area contributed by atoms with Crippen molar-refractivity contribution in [3.63, 3.8) is 0 Å². The summed E-state index contributed by atoms with van der Waals surface area (Å²) in [4.78, 5) is 0. The lowest BCUT2D eigenvalue weighted by atomic mass is 9.87. The fraction of sp³-hybridized carbons (Fsp3) is 0.100. The van der Waals surface area contributed by atoms with Gasteiger partial charge in [-0.15, -0.1) is 0 Å². The highest BCUT2D eigenvalue weighted by Gasteiger charge is 2.34. The second kappa shape index (κ2) is 6.72. The van der Waals surface area contributed by atoms with Gasteiger partial charge in [0, 0.05) is 5.92 Å². The Balaban J connectivity index is 1.20. The number of hydrogen-bond donors (Lipinski definition) is 0. The first-order valence-corrected chi connectivity index (χ1v) is 14.6. The van der Waals surface area contributed by atoms with E-state index >= 15 is 0 Å². The average molecular weight is 505 g/mol. The van der Waals surface area contributed by atoms with Crippen LogP contribution >= 0.6 is 0 Å². The molecule has 7 aromatic rings. The SMILES string of the molecule is c1ccc(C2c3ccccc3-c3cc(-c4cc5c6c7c(ccc8c7c7c(ccc9c7c6c4C9)C8)C5)ccc32)cc1. The van der Waals surface area contributed by atoms with Gasteiger partial charge in [0.1, 0.15) is 0 Å². The van der Waals surface area contributed by atoms with Gasteiger partial charge in [-0.3, -0.25) is 0 Å². The Morgan fingerprint density at radius 1 is 0.400 bits per heavy atom.